The maximum atomic E-state index is 13.6. The minimum Gasteiger partial charge on any atom is -0.497 e. The second-order valence-corrected chi connectivity index (χ2v) is 7.83. The molecule has 0 unspecified atom stereocenters. The summed E-state index contributed by atoms with van der Waals surface area (Å²) < 4.78 is 19.0. The first-order valence-corrected chi connectivity index (χ1v) is 10.4. The summed E-state index contributed by atoms with van der Waals surface area (Å²) in [6.45, 7) is 0.791. The first kappa shape index (κ1) is 20.0. The molecule has 0 amide bonds. The third-order valence-electron chi connectivity index (χ3n) is 5.86. The highest BCUT2D eigenvalue weighted by Gasteiger charge is 2.23. The normalized spacial score (nSPS) is 13.1. The van der Waals surface area contributed by atoms with Gasteiger partial charge in [0, 0.05) is 23.2 Å². The number of pyridine rings is 1. The second-order valence-electron chi connectivity index (χ2n) is 7.83. The van der Waals surface area contributed by atoms with Gasteiger partial charge in [-0.3, -0.25) is 0 Å². The van der Waals surface area contributed by atoms with Crippen LogP contribution in [-0.4, -0.2) is 29.7 Å². The Bertz CT molecular complexity index is 1340. The van der Waals surface area contributed by atoms with Gasteiger partial charge in [-0.25, -0.2) is 14.2 Å². The van der Waals surface area contributed by atoms with E-state index in [0.717, 1.165) is 53.2 Å². The Kier molecular flexibility index (Phi) is 4.98. The summed E-state index contributed by atoms with van der Waals surface area (Å²) in [4.78, 5) is 18.6. The van der Waals surface area contributed by atoms with Gasteiger partial charge in [0.1, 0.15) is 11.6 Å². The number of hydrogen-bond donors (Lipinski definition) is 1. The van der Waals surface area contributed by atoms with Gasteiger partial charge in [-0.2, -0.15) is 0 Å². The molecule has 0 saturated heterocycles. The molecule has 6 heteroatoms. The Morgan fingerprint density at radius 2 is 1.84 bits per heavy atom. The second kappa shape index (κ2) is 7.96. The number of rotatable bonds is 4. The van der Waals surface area contributed by atoms with Gasteiger partial charge in [0.05, 0.1) is 29.6 Å². The van der Waals surface area contributed by atoms with Crippen LogP contribution in [0.1, 0.15) is 22.3 Å². The summed E-state index contributed by atoms with van der Waals surface area (Å²) in [5, 5.41) is 10.2. The number of anilines is 2. The lowest BCUT2D eigenvalue weighted by molar-refractivity contribution is 0.0697. The molecule has 3 aromatic carbocycles. The molecular weight excluding hydrogens is 407 g/mol. The summed E-state index contributed by atoms with van der Waals surface area (Å²) in [6.07, 6.45) is 1.90. The lowest BCUT2D eigenvalue weighted by Gasteiger charge is -2.33. The van der Waals surface area contributed by atoms with Crippen molar-refractivity contribution < 1.29 is 19.0 Å². The standard InChI is InChI=1S/C26H21FN2O3/c1-32-21-9-11-23-17(14-21)3-2-12-29(23)24-15-19-13-18(26(30)31)6-10-22(19)28-25(24)16-4-7-20(27)8-5-16/h4-11,13-15H,2-3,12H2,1H3,(H,30,31). The number of aryl methyl sites for hydroxylation is 1. The molecule has 0 saturated carbocycles. The fourth-order valence-corrected chi connectivity index (χ4v) is 4.27. The minimum atomic E-state index is -0.980. The molecule has 5 nitrogen and oxygen atoms in total. The van der Waals surface area contributed by atoms with E-state index in [2.05, 4.69) is 11.0 Å². The van der Waals surface area contributed by atoms with Crippen LogP contribution in [0.15, 0.2) is 66.7 Å². The van der Waals surface area contributed by atoms with E-state index in [-0.39, 0.29) is 11.4 Å². The van der Waals surface area contributed by atoms with Crippen molar-refractivity contribution in [2.24, 2.45) is 0 Å². The molecule has 0 spiro atoms. The fourth-order valence-electron chi connectivity index (χ4n) is 4.27. The number of ether oxygens (including phenoxy) is 1. The van der Waals surface area contributed by atoms with Crippen molar-refractivity contribution >= 4 is 28.2 Å². The Labute approximate surface area is 184 Å². The molecule has 1 N–H and O–H groups in total. The summed E-state index contributed by atoms with van der Waals surface area (Å²) in [6, 6.07) is 19.2. The number of fused-ring (bicyclic) bond motifs is 2. The number of hydrogen-bond acceptors (Lipinski definition) is 4. The van der Waals surface area contributed by atoms with E-state index in [9.17, 15) is 14.3 Å². The van der Waals surface area contributed by atoms with Crippen LogP contribution in [0.25, 0.3) is 22.2 Å². The Hall–Kier alpha value is -3.93. The molecule has 0 radical (unpaired) electrons. The maximum absolute atomic E-state index is 13.6. The van der Waals surface area contributed by atoms with E-state index in [0.29, 0.717) is 5.52 Å². The van der Waals surface area contributed by atoms with Crippen LogP contribution in [0.2, 0.25) is 0 Å². The largest absolute Gasteiger partial charge is 0.497 e. The number of carboxylic acid groups (broad SMARTS) is 1. The molecule has 0 atom stereocenters. The van der Waals surface area contributed by atoms with Gasteiger partial charge in [0.2, 0.25) is 0 Å². The van der Waals surface area contributed by atoms with Crippen molar-refractivity contribution in [3.8, 4) is 17.0 Å². The molecule has 0 fully saturated rings. The van der Waals surface area contributed by atoms with Crippen molar-refractivity contribution in [2.45, 2.75) is 12.8 Å². The molecule has 1 aliphatic rings. The highest BCUT2D eigenvalue weighted by atomic mass is 19.1. The third-order valence-corrected chi connectivity index (χ3v) is 5.86. The van der Waals surface area contributed by atoms with Gasteiger partial charge >= 0.3 is 5.97 Å². The zero-order valence-corrected chi connectivity index (χ0v) is 17.5. The van der Waals surface area contributed by atoms with Crippen LogP contribution >= 0.6 is 0 Å². The minimum absolute atomic E-state index is 0.212. The molecule has 1 aliphatic heterocycles. The molecular formula is C26H21FN2O3. The van der Waals surface area contributed by atoms with Gasteiger partial charge in [0.15, 0.2) is 0 Å². The number of nitrogens with zero attached hydrogens (tertiary/aromatic N) is 2. The van der Waals surface area contributed by atoms with Crippen LogP contribution < -0.4 is 9.64 Å². The van der Waals surface area contributed by atoms with E-state index >= 15 is 0 Å². The van der Waals surface area contributed by atoms with E-state index in [4.69, 9.17) is 9.72 Å². The predicted octanol–water partition coefficient (Wildman–Crippen LogP) is 5.83. The lowest BCUT2D eigenvalue weighted by atomic mass is 9.98. The molecule has 160 valence electrons. The number of carboxylic acids is 1. The summed E-state index contributed by atoms with van der Waals surface area (Å²) in [7, 11) is 1.66. The summed E-state index contributed by atoms with van der Waals surface area (Å²) >= 11 is 0. The van der Waals surface area contributed by atoms with Crippen LogP contribution in [0.3, 0.4) is 0 Å². The first-order chi connectivity index (χ1) is 15.5. The highest BCUT2D eigenvalue weighted by Crippen LogP contribution is 2.41. The number of methoxy groups -OCH3 is 1. The lowest BCUT2D eigenvalue weighted by Crippen LogP contribution is -2.25. The molecule has 0 bridgehead atoms. The van der Waals surface area contributed by atoms with E-state index in [1.807, 2.05) is 18.2 Å². The average molecular weight is 428 g/mol. The Morgan fingerprint density at radius 3 is 2.59 bits per heavy atom. The number of benzene rings is 3. The topological polar surface area (TPSA) is 62.7 Å². The van der Waals surface area contributed by atoms with Crippen LogP contribution in [0.4, 0.5) is 15.8 Å². The number of aromatic carboxylic acids is 1. The number of carbonyl (C=O) groups is 1. The van der Waals surface area contributed by atoms with E-state index < -0.39 is 5.97 Å². The Balaban J connectivity index is 1.74. The van der Waals surface area contributed by atoms with Gasteiger partial charge in [0.25, 0.3) is 0 Å². The zero-order chi connectivity index (χ0) is 22.2. The molecule has 32 heavy (non-hydrogen) atoms. The molecule has 4 aromatic rings. The van der Waals surface area contributed by atoms with Crippen LogP contribution in [0.5, 0.6) is 5.75 Å². The SMILES string of the molecule is COc1ccc2c(c1)CCCN2c1cc2cc(C(=O)O)ccc2nc1-c1ccc(F)cc1. The van der Waals surface area contributed by atoms with Crippen molar-refractivity contribution in [2.75, 3.05) is 18.6 Å². The molecule has 1 aromatic heterocycles. The van der Waals surface area contributed by atoms with Gasteiger partial charge in [-0.1, -0.05) is 0 Å². The number of halogens is 1. The van der Waals surface area contributed by atoms with Crippen molar-refractivity contribution in [3.05, 3.63) is 83.7 Å². The molecule has 0 aliphatic carbocycles. The molecule has 5 rings (SSSR count). The van der Waals surface area contributed by atoms with Crippen molar-refractivity contribution in [3.63, 3.8) is 0 Å². The zero-order valence-electron chi connectivity index (χ0n) is 17.5. The molecule has 2 heterocycles. The monoisotopic (exact) mass is 428 g/mol. The van der Waals surface area contributed by atoms with Gasteiger partial charge in [-0.05, 0) is 85.1 Å². The summed E-state index contributed by atoms with van der Waals surface area (Å²) in [5.74, 6) is -0.476. The van der Waals surface area contributed by atoms with Crippen LogP contribution in [0, 0.1) is 5.82 Å². The van der Waals surface area contributed by atoms with Crippen LogP contribution in [-0.2, 0) is 6.42 Å². The average Bonchev–Trinajstić information content (AvgIpc) is 2.82. The van der Waals surface area contributed by atoms with Crippen molar-refractivity contribution in [1.82, 2.24) is 4.98 Å². The third kappa shape index (κ3) is 3.54. The van der Waals surface area contributed by atoms with E-state index in [1.165, 1.54) is 17.7 Å². The fraction of sp³-hybridized carbons (Fsp3) is 0.154. The first-order valence-electron chi connectivity index (χ1n) is 10.4. The van der Waals surface area contributed by atoms with Gasteiger partial charge < -0.3 is 14.7 Å². The van der Waals surface area contributed by atoms with E-state index in [1.54, 1.807) is 37.4 Å². The quantitative estimate of drug-likeness (QED) is 0.443. The smallest absolute Gasteiger partial charge is 0.335 e. The van der Waals surface area contributed by atoms with Crippen molar-refractivity contribution in [1.29, 1.82) is 0 Å². The summed E-state index contributed by atoms with van der Waals surface area (Å²) in [5.41, 5.74) is 5.53. The van der Waals surface area contributed by atoms with Gasteiger partial charge in [-0.15, -0.1) is 0 Å². The Morgan fingerprint density at radius 1 is 1.03 bits per heavy atom. The number of aromatic nitrogens is 1. The maximum Gasteiger partial charge on any atom is 0.335 e. The predicted molar refractivity (Wildman–Crippen MR) is 122 cm³/mol. The highest BCUT2D eigenvalue weighted by molar-refractivity contribution is 5.97.